The first-order valence-corrected chi connectivity index (χ1v) is 6.24. The number of carboxylic acids is 1. The van der Waals surface area contributed by atoms with Gasteiger partial charge in [-0.1, -0.05) is 34.8 Å². The number of hydrogen-bond acceptors (Lipinski definition) is 2. The zero-order chi connectivity index (χ0) is 13.7. The fraction of sp³-hybridized carbons (Fsp3) is 0.308. The van der Waals surface area contributed by atoms with Crippen molar-refractivity contribution >= 4 is 29.2 Å². The topological polar surface area (TPSA) is 49.3 Å². The number of benzene rings is 1. The Balaban J connectivity index is 2.66. The van der Waals surface area contributed by atoms with Gasteiger partial charge in [0.2, 0.25) is 0 Å². The van der Waals surface area contributed by atoms with Gasteiger partial charge in [-0.05, 0) is 31.5 Å². The van der Waals surface area contributed by atoms with Crippen LogP contribution in [0.5, 0.6) is 0 Å². The highest BCUT2D eigenvalue weighted by atomic mass is 35.5. The molecule has 0 amide bonds. The highest BCUT2D eigenvalue weighted by Gasteiger charge is 2.09. The molecule has 98 valence electrons. The number of nitrogens with one attached hydrogen (secondary N) is 1. The van der Waals surface area contributed by atoms with Crippen LogP contribution < -0.4 is 5.32 Å². The van der Waals surface area contributed by atoms with E-state index in [4.69, 9.17) is 28.3 Å². The predicted octanol–water partition coefficient (Wildman–Crippen LogP) is 3.67. The number of hydrogen-bond donors (Lipinski definition) is 2. The molecule has 3 nitrogen and oxygen atoms in total. The smallest absolute Gasteiger partial charge is 0.328 e. The van der Waals surface area contributed by atoms with Gasteiger partial charge >= 0.3 is 5.97 Å². The van der Waals surface area contributed by atoms with Crippen molar-refractivity contribution in [3.63, 3.8) is 0 Å². The molecule has 1 unspecified atom stereocenters. The first kappa shape index (κ1) is 15.0. The van der Waals surface area contributed by atoms with Crippen molar-refractivity contribution in [3.05, 3.63) is 45.5 Å². The SMILES string of the molecule is C/C(=C\C(=O)O)CNC(C)c1ccc(Cl)cc1Cl. The first-order chi connectivity index (χ1) is 8.40. The van der Waals surface area contributed by atoms with E-state index in [0.717, 1.165) is 11.1 Å². The highest BCUT2D eigenvalue weighted by molar-refractivity contribution is 6.35. The summed E-state index contributed by atoms with van der Waals surface area (Å²) >= 11 is 11.9. The summed E-state index contributed by atoms with van der Waals surface area (Å²) in [5, 5.41) is 13.0. The second kappa shape index (κ2) is 6.78. The van der Waals surface area contributed by atoms with Gasteiger partial charge in [0.15, 0.2) is 0 Å². The summed E-state index contributed by atoms with van der Waals surface area (Å²) in [5.74, 6) is -0.938. The van der Waals surface area contributed by atoms with Gasteiger partial charge in [0, 0.05) is 28.7 Å². The molecule has 1 aromatic rings. The Labute approximate surface area is 116 Å². The lowest BCUT2D eigenvalue weighted by Crippen LogP contribution is -2.21. The van der Waals surface area contributed by atoms with Gasteiger partial charge in [-0.3, -0.25) is 0 Å². The van der Waals surface area contributed by atoms with Crippen LogP contribution in [-0.2, 0) is 4.79 Å². The van der Waals surface area contributed by atoms with Gasteiger partial charge in [-0.15, -0.1) is 0 Å². The molecule has 0 radical (unpaired) electrons. The van der Waals surface area contributed by atoms with E-state index in [0.29, 0.717) is 16.6 Å². The first-order valence-electron chi connectivity index (χ1n) is 5.48. The second-order valence-electron chi connectivity index (χ2n) is 4.10. The highest BCUT2D eigenvalue weighted by Crippen LogP contribution is 2.26. The summed E-state index contributed by atoms with van der Waals surface area (Å²) in [5.41, 5.74) is 1.68. The monoisotopic (exact) mass is 287 g/mol. The van der Waals surface area contributed by atoms with E-state index in [-0.39, 0.29) is 6.04 Å². The van der Waals surface area contributed by atoms with Crippen molar-refractivity contribution < 1.29 is 9.90 Å². The quantitative estimate of drug-likeness (QED) is 0.813. The third-order valence-electron chi connectivity index (χ3n) is 2.49. The number of carbonyl (C=O) groups is 1. The Bertz CT molecular complexity index is 472. The maximum Gasteiger partial charge on any atom is 0.328 e. The molecule has 0 heterocycles. The molecular weight excluding hydrogens is 273 g/mol. The van der Waals surface area contributed by atoms with E-state index >= 15 is 0 Å². The zero-order valence-electron chi connectivity index (χ0n) is 10.2. The van der Waals surface area contributed by atoms with E-state index < -0.39 is 5.97 Å². The molecule has 18 heavy (non-hydrogen) atoms. The molecule has 0 aliphatic rings. The summed E-state index contributed by atoms with van der Waals surface area (Å²) in [6, 6.07) is 5.35. The number of aliphatic carboxylic acids is 1. The van der Waals surface area contributed by atoms with Crippen LogP contribution in [0.15, 0.2) is 29.8 Å². The minimum Gasteiger partial charge on any atom is -0.478 e. The Kier molecular flexibility index (Phi) is 5.66. The van der Waals surface area contributed by atoms with E-state index in [1.54, 1.807) is 19.1 Å². The van der Waals surface area contributed by atoms with Gasteiger partial charge in [0.05, 0.1) is 0 Å². The fourth-order valence-corrected chi connectivity index (χ4v) is 2.11. The molecule has 5 heteroatoms. The molecule has 1 atom stereocenters. The molecule has 0 aliphatic heterocycles. The van der Waals surface area contributed by atoms with Gasteiger partial charge in [0.25, 0.3) is 0 Å². The van der Waals surface area contributed by atoms with Crippen molar-refractivity contribution in [2.75, 3.05) is 6.54 Å². The minimum atomic E-state index is -0.938. The molecular formula is C13H15Cl2NO2. The summed E-state index contributed by atoms with van der Waals surface area (Å²) in [6.45, 7) is 4.22. The van der Waals surface area contributed by atoms with Crippen LogP contribution in [0.25, 0.3) is 0 Å². The van der Waals surface area contributed by atoms with Crippen molar-refractivity contribution in [1.29, 1.82) is 0 Å². The maximum absolute atomic E-state index is 10.5. The Morgan fingerprint density at radius 2 is 2.17 bits per heavy atom. The summed E-state index contributed by atoms with van der Waals surface area (Å²) in [7, 11) is 0. The van der Waals surface area contributed by atoms with E-state index in [1.165, 1.54) is 6.08 Å². The Morgan fingerprint density at radius 1 is 1.50 bits per heavy atom. The lowest BCUT2D eigenvalue weighted by Gasteiger charge is -2.16. The van der Waals surface area contributed by atoms with Crippen LogP contribution in [0.4, 0.5) is 0 Å². The molecule has 2 N–H and O–H groups in total. The third kappa shape index (κ3) is 4.69. The van der Waals surface area contributed by atoms with Gasteiger partial charge in [-0.2, -0.15) is 0 Å². The molecule has 0 spiro atoms. The molecule has 1 aromatic carbocycles. The number of halogens is 2. The normalized spacial score (nSPS) is 13.4. The molecule has 0 aliphatic carbocycles. The van der Waals surface area contributed by atoms with Crippen LogP contribution in [0.3, 0.4) is 0 Å². The van der Waals surface area contributed by atoms with Crippen LogP contribution in [0.2, 0.25) is 10.0 Å². The molecule has 0 saturated heterocycles. The largest absolute Gasteiger partial charge is 0.478 e. The van der Waals surface area contributed by atoms with Gasteiger partial charge in [0.1, 0.15) is 0 Å². The van der Waals surface area contributed by atoms with E-state index in [9.17, 15) is 4.79 Å². The van der Waals surface area contributed by atoms with Gasteiger partial charge < -0.3 is 10.4 Å². The van der Waals surface area contributed by atoms with Crippen molar-refractivity contribution in [2.24, 2.45) is 0 Å². The summed E-state index contributed by atoms with van der Waals surface area (Å²) in [4.78, 5) is 10.5. The van der Waals surface area contributed by atoms with Crippen LogP contribution in [-0.4, -0.2) is 17.6 Å². The lowest BCUT2D eigenvalue weighted by molar-refractivity contribution is -0.131. The Hall–Kier alpha value is -1.03. The van der Waals surface area contributed by atoms with Crippen LogP contribution in [0, 0.1) is 0 Å². The van der Waals surface area contributed by atoms with Crippen molar-refractivity contribution in [2.45, 2.75) is 19.9 Å². The lowest BCUT2D eigenvalue weighted by atomic mass is 10.1. The maximum atomic E-state index is 10.5. The van der Waals surface area contributed by atoms with E-state index in [1.807, 2.05) is 13.0 Å². The average molecular weight is 288 g/mol. The standard InChI is InChI=1S/C13H15Cl2NO2/c1-8(5-13(17)18)7-16-9(2)11-4-3-10(14)6-12(11)15/h3-6,9,16H,7H2,1-2H3,(H,17,18)/b8-5+. The number of carboxylic acid groups (broad SMARTS) is 1. The second-order valence-corrected chi connectivity index (χ2v) is 4.94. The minimum absolute atomic E-state index is 0.0203. The van der Waals surface area contributed by atoms with Crippen molar-refractivity contribution in [3.8, 4) is 0 Å². The van der Waals surface area contributed by atoms with Crippen LogP contribution >= 0.6 is 23.2 Å². The molecule has 0 bridgehead atoms. The fourth-order valence-electron chi connectivity index (χ4n) is 1.54. The molecule has 0 fully saturated rings. The Morgan fingerprint density at radius 3 is 2.72 bits per heavy atom. The summed E-state index contributed by atoms with van der Waals surface area (Å²) < 4.78 is 0. The summed E-state index contributed by atoms with van der Waals surface area (Å²) in [6.07, 6.45) is 1.18. The average Bonchev–Trinajstić information content (AvgIpc) is 2.25. The number of rotatable bonds is 5. The zero-order valence-corrected chi connectivity index (χ0v) is 11.7. The van der Waals surface area contributed by atoms with Crippen molar-refractivity contribution in [1.82, 2.24) is 5.32 Å². The van der Waals surface area contributed by atoms with Gasteiger partial charge in [-0.25, -0.2) is 4.79 Å². The predicted molar refractivity (Wildman–Crippen MR) is 74.3 cm³/mol. The molecule has 0 saturated carbocycles. The van der Waals surface area contributed by atoms with Crippen LogP contribution in [0.1, 0.15) is 25.5 Å². The third-order valence-corrected chi connectivity index (χ3v) is 3.05. The van der Waals surface area contributed by atoms with E-state index in [2.05, 4.69) is 5.32 Å². The molecule has 0 aromatic heterocycles. The molecule has 1 rings (SSSR count).